The van der Waals surface area contributed by atoms with Gasteiger partial charge < -0.3 is 21.3 Å². The van der Waals surface area contributed by atoms with E-state index in [0.29, 0.717) is 19.1 Å². The Morgan fingerprint density at radius 3 is 2.00 bits per heavy atom. The van der Waals surface area contributed by atoms with E-state index in [2.05, 4.69) is 10.6 Å². The zero-order chi connectivity index (χ0) is 15.6. The molecule has 6 nitrogen and oxygen atoms in total. The maximum absolute atomic E-state index is 12.2. The summed E-state index contributed by atoms with van der Waals surface area (Å²) in [6.07, 6.45) is 9.17. The van der Waals surface area contributed by atoms with Crippen molar-refractivity contribution >= 4 is 11.9 Å². The van der Waals surface area contributed by atoms with Crippen LogP contribution in [-0.4, -0.2) is 47.6 Å². The molecule has 2 saturated carbocycles. The molecule has 3 rings (SSSR count). The third-order valence-electron chi connectivity index (χ3n) is 5.27. The highest BCUT2D eigenvalue weighted by Gasteiger charge is 2.48. The second kappa shape index (κ2) is 6.44. The van der Waals surface area contributed by atoms with Crippen LogP contribution >= 0.6 is 0 Å². The van der Waals surface area contributed by atoms with Gasteiger partial charge in [-0.15, -0.1) is 0 Å². The topological polar surface area (TPSA) is 87.5 Å². The van der Waals surface area contributed by atoms with Gasteiger partial charge in [0.2, 0.25) is 5.91 Å². The molecule has 1 saturated heterocycles. The third kappa shape index (κ3) is 3.72. The van der Waals surface area contributed by atoms with Crippen molar-refractivity contribution in [3.05, 3.63) is 0 Å². The van der Waals surface area contributed by atoms with Crippen LogP contribution in [0, 0.1) is 0 Å². The van der Waals surface area contributed by atoms with Crippen LogP contribution in [0.2, 0.25) is 0 Å². The third-order valence-corrected chi connectivity index (χ3v) is 5.27. The number of hydrogen-bond donors (Lipinski definition) is 3. The molecule has 0 aromatic carbocycles. The molecule has 0 spiro atoms. The highest BCUT2D eigenvalue weighted by molar-refractivity contribution is 5.89. The van der Waals surface area contributed by atoms with Crippen LogP contribution in [0.25, 0.3) is 0 Å². The number of likely N-dealkylation sites (tertiary alicyclic amines) is 1. The largest absolute Gasteiger partial charge is 0.341 e. The second-order valence-corrected chi connectivity index (χ2v) is 7.18. The molecule has 22 heavy (non-hydrogen) atoms. The van der Waals surface area contributed by atoms with Crippen molar-refractivity contribution in [1.82, 2.24) is 15.5 Å². The average Bonchev–Trinajstić information content (AvgIpc) is 3.27. The van der Waals surface area contributed by atoms with Crippen molar-refractivity contribution in [2.45, 2.75) is 75.4 Å². The first-order valence-electron chi connectivity index (χ1n) is 8.72. The van der Waals surface area contributed by atoms with Gasteiger partial charge in [0, 0.05) is 25.2 Å². The standard InChI is InChI=1S/C16H28N4O2/c17-16(8-9-16)14(21)20-10-6-13(7-11-20)19-15(22)18-12-4-2-1-3-5-12/h12-13H,1-11,17H2,(H2,18,19,22). The molecule has 6 heteroatoms. The summed E-state index contributed by atoms with van der Waals surface area (Å²) in [5.74, 6) is 0.0950. The van der Waals surface area contributed by atoms with Gasteiger partial charge in [0.05, 0.1) is 5.54 Å². The molecule has 0 aromatic rings. The molecule has 0 unspecified atom stereocenters. The Bertz CT molecular complexity index is 422. The van der Waals surface area contributed by atoms with E-state index in [1.165, 1.54) is 19.3 Å². The van der Waals surface area contributed by atoms with Crippen LogP contribution in [0.1, 0.15) is 57.8 Å². The smallest absolute Gasteiger partial charge is 0.315 e. The molecule has 3 amide bonds. The zero-order valence-electron chi connectivity index (χ0n) is 13.3. The summed E-state index contributed by atoms with van der Waals surface area (Å²) in [5.41, 5.74) is 5.40. The Labute approximate surface area is 132 Å². The van der Waals surface area contributed by atoms with E-state index in [9.17, 15) is 9.59 Å². The van der Waals surface area contributed by atoms with Crippen molar-refractivity contribution in [1.29, 1.82) is 0 Å². The minimum atomic E-state index is -0.571. The van der Waals surface area contributed by atoms with Crippen LogP contribution in [0.4, 0.5) is 4.79 Å². The van der Waals surface area contributed by atoms with Gasteiger partial charge in [-0.1, -0.05) is 19.3 Å². The van der Waals surface area contributed by atoms with Crippen LogP contribution in [0.15, 0.2) is 0 Å². The molecule has 124 valence electrons. The molecular weight excluding hydrogens is 280 g/mol. The van der Waals surface area contributed by atoms with E-state index in [0.717, 1.165) is 38.5 Å². The number of carbonyl (C=O) groups excluding carboxylic acids is 2. The molecule has 0 atom stereocenters. The predicted octanol–water partition coefficient (Wildman–Crippen LogP) is 1.10. The molecule has 0 radical (unpaired) electrons. The van der Waals surface area contributed by atoms with E-state index in [-0.39, 0.29) is 18.0 Å². The molecule has 4 N–H and O–H groups in total. The van der Waals surface area contributed by atoms with Gasteiger partial charge in [-0.2, -0.15) is 0 Å². The molecular formula is C16H28N4O2. The number of nitrogens with two attached hydrogens (primary N) is 1. The number of nitrogens with one attached hydrogen (secondary N) is 2. The van der Waals surface area contributed by atoms with E-state index in [4.69, 9.17) is 5.73 Å². The van der Waals surface area contributed by atoms with E-state index in [1.54, 1.807) is 0 Å². The van der Waals surface area contributed by atoms with E-state index < -0.39 is 5.54 Å². The number of carbonyl (C=O) groups is 2. The van der Waals surface area contributed by atoms with E-state index in [1.807, 2.05) is 4.90 Å². The Kier molecular flexibility index (Phi) is 4.57. The van der Waals surface area contributed by atoms with Crippen molar-refractivity contribution in [2.75, 3.05) is 13.1 Å². The fourth-order valence-corrected chi connectivity index (χ4v) is 3.55. The normalized spacial score (nSPS) is 25.6. The first-order valence-corrected chi connectivity index (χ1v) is 8.72. The summed E-state index contributed by atoms with van der Waals surface area (Å²) < 4.78 is 0. The quantitative estimate of drug-likeness (QED) is 0.729. The lowest BCUT2D eigenvalue weighted by Gasteiger charge is -2.34. The Hall–Kier alpha value is -1.30. The highest BCUT2D eigenvalue weighted by Crippen LogP contribution is 2.34. The summed E-state index contributed by atoms with van der Waals surface area (Å²) in [4.78, 5) is 26.1. The molecule has 3 fully saturated rings. The predicted molar refractivity (Wildman–Crippen MR) is 84.3 cm³/mol. The van der Waals surface area contributed by atoms with Crippen molar-refractivity contribution in [2.24, 2.45) is 5.73 Å². The van der Waals surface area contributed by atoms with Crippen LogP contribution < -0.4 is 16.4 Å². The van der Waals surface area contributed by atoms with Gasteiger partial charge >= 0.3 is 6.03 Å². The van der Waals surface area contributed by atoms with Gasteiger partial charge in [-0.05, 0) is 38.5 Å². The molecule has 3 aliphatic rings. The lowest BCUT2D eigenvalue weighted by Crippen LogP contribution is -2.53. The van der Waals surface area contributed by atoms with Crippen molar-refractivity contribution < 1.29 is 9.59 Å². The molecule has 2 aliphatic carbocycles. The number of nitrogens with zero attached hydrogens (tertiary/aromatic N) is 1. The maximum Gasteiger partial charge on any atom is 0.315 e. The Morgan fingerprint density at radius 1 is 0.909 bits per heavy atom. The summed E-state index contributed by atoms with van der Waals surface area (Å²) in [6, 6.07) is 0.456. The molecule has 1 aliphatic heterocycles. The number of rotatable bonds is 3. The number of amides is 3. The Morgan fingerprint density at radius 2 is 1.45 bits per heavy atom. The van der Waals surface area contributed by atoms with Gasteiger partial charge in [0.15, 0.2) is 0 Å². The molecule has 0 aromatic heterocycles. The summed E-state index contributed by atoms with van der Waals surface area (Å²) in [7, 11) is 0. The lowest BCUT2D eigenvalue weighted by atomic mass is 9.96. The van der Waals surface area contributed by atoms with Crippen LogP contribution in [-0.2, 0) is 4.79 Å². The van der Waals surface area contributed by atoms with Gasteiger partial charge in [0.25, 0.3) is 0 Å². The van der Waals surface area contributed by atoms with E-state index >= 15 is 0 Å². The minimum Gasteiger partial charge on any atom is -0.341 e. The average molecular weight is 308 g/mol. The fourth-order valence-electron chi connectivity index (χ4n) is 3.55. The maximum atomic E-state index is 12.2. The van der Waals surface area contributed by atoms with Crippen LogP contribution in [0.3, 0.4) is 0 Å². The monoisotopic (exact) mass is 308 g/mol. The number of hydrogen-bond acceptors (Lipinski definition) is 3. The summed E-state index contributed by atoms with van der Waals surface area (Å²) in [5, 5.41) is 6.14. The fraction of sp³-hybridized carbons (Fsp3) is 0.875. The SMILES string of the molecule is NC1(C(=O)N2CCC(NC(=O)NC3CCCCC3)CC2)CC1. The summed E-state index contributed by atoms with van der Waals surface area (Å²) >= 11 is 0. The van der Waals surface area contributed by atoms with Gasteiger partial charge in [0.1, 0.15) is 0 Å². The van der Waals surface area contributed by atoms with Crippen molar-refractivity contribution in [3.63, 3.8) is 0 Å². The first-order chi connectivity index (χ1) is 10.6. The first kappa shape index (κ1) is 15.6. The summed E-state index contributed by atoms with van der Waals surface area (Å²) in [6.45, 7) is 1.40. The van der Waals surface area contributed by atoms with Crippen LogP contribution in [0.5, 0.6) is 0 Å². The second-order valence-electron chi connectivity index (χ2n) is 7.18. The number of urea groups is 1. The molecule has 0 bridgehead atoms. The zero-order valence-corrected chi connectivity index (χ0v) is 13.3. The minimum absolute atomic E-state index is 0.0471. The highest BCUT2D eigenvalue weighted by atomic mass is 16.2. The number of piperidine rings is 1. The lowest BCUT2D eigenvalue weighted by molar-refractivity contribution is -0.134. The van der Waals surface area contributed by atoms with Crippen molar-refractivity contribution in [3.8, 4) is 0 Å². The van der Waals surface area contributed by atoms with Gasteiger partial charge in [-0.3, -0.25) is 4.79 Å². The Balaban J connectivity index is 1.38. The molecule has 1 heterocycles. The van der Waals surface area contributed by atoms with Gasteiger partial charge in [-0.25, -0.2) is 4.79 Å².